The van der Waals surface area contributed by atoms with Crippen LogP contribution in [-0.2, 0) is 47.3 Å². The first kappa shape index (κ1) is 89.4. The quantitative estimate of drug-likeness (QED) is 0.0720. The van der Waals surface area contributed by atoms with Crippen molar-refractivity contribution in [2.45, 2.75) is 267 Å². The van der Waals surface area contributed by atoms with Crippen molar-refractivity contribution in [1.82, 2.24) is 39.9 Å². The van der Waals surface area contributed by atoms with Crippen molar-refractivity contribution >= 4 is 110 Å². The highest BCUT2D eigenvalue weighted by Gasteiger charge is 2.33. The lowest BCUT2D eigenvalue weighted by molar-refractivity contribution is 0.568. The van der Waals surface area contributed by atoms with E-state index in [1.807, 2.05) is 0 Å². The number of allylic oxidation sites excluding steroid dienone is 8. The molecule has 658 valence electrons. The van der Waals surface area contributed by atoms with E-state index in [-0.39, 0.29) is 21.7 Å². The average Bonchev–Trinajstić information content (AvgIpc) is 1.46. The molecule has 10 heterocycles. The number of rotatable bonds is 12. The van der Waals surface area contributed by atoms with Gasteiger partial charge in [-0.2, -0.15) is 0 Å². The summed E-state index contributed by atoms with van der Waals surface area (Å²) in [4.78, 5) is 39.8. The predicted molar refractivity (Wildman–Crippen MR) is 560 cm³/mol. The Labute approximate surface area is 772 Å². The Morgan fingerprint density at radius 3 is 0.685 bits per heavy atom. The fourth-order valence-corrected chi connectivity index (χ4v) is 21.1. The molecule has 13 aromatic rings. The highest BCUT2D eigenvalue weighted by Crippen LogP contribution is 2.50. The third-order valence-electron chi connectivity index (χ3n) is 28.8. The molecule has 0 aliphatic carbocycles. The van der Waals surface area contributed by atoms with Gasteiger partial charge in [0.25, 0.3) is 0 Å². The maximum absolute atomic E-state index is 5.84. The maximum Gasteiger partial charge on any atom is 0.0769 e. The molecule has 4 aliphatic heterocycles. The van der Waals surface area contributed by atoms with Crippen molar-refractivity contribution in [2.24, 2.45) is 0 Å². The van der Waals surface area contributed by atoms with Crippen LogP contribution < -0.4 is 0 Å². The van der Waals surface area contributed by atoms with Crippen LogP contribution in [0.2, 0.25) is 0 Å². The Balaban J connectivity index is 0.779. The first-order valence-corrected chi connectivity index (χ1v) is 47.8. The summed E-state index contributed by atoms with van der Waals surface area (Å²) in [5.74, 6) is 15.0. The number of H-pyrrole nitrogens is 4. The van der Waals surface area contributed by atoms with Gasteiger partial charge in [-0.15, -0.1) is 0 Å². The Morgan fingerprint density at radius 2 is 0.477 bits per heavy atom. The van der Waals surface area contributed by atoms with Crippen LogP contribution in [0.3, 0.4) is 0 Å². The summed E-state index contributed by atoms with van der Waals surface area (Å²) < 4.78 is 0. The first-order chi connectivity index (χ1) is 61.9. The van der Waals surface area contributed by atoms with E-state index < -0.39 is 0 Å². The summed E-state index contributed by atoms with van der Waals surface area (Å²) >= 11 is 0. The topological polar surface area (TPSA) is 115 Å². The molecule has 6 aromatic heterocycles. The van der Waals surface area contributed by atoms with Gasteiger partial charge >= 0.3 is 0 Å². The Bertz CT molecular complexity index is 7010. The SMILES string of the molecule is CCC1=C(C)c2nc1cc1[nH]c(c(C)c1CC)c(-c1ccc(C#Cc3c4ccccc4c(C#Cc4ccc(-c5c6nc(cc7[nH]c(c(C)c7CC)c(-c7cc(C(C)(C)C)cc(C(C)(C)C)c7)c7nc(cc8[nH]c5c(C)c8CC)C(CC)=C7C)C(CC)=C6C)cc4)c4ccccc34)cc1)c1nc(cc3[nH]c(c(C)c3CC)c2-c2cc(C(C)(C)C)cc(C(C)(C)C)c2)C(CC)=C1C. The first-order valence-electron chi connectivity index (χ1n) is 47.8. The van der Waals surface area contributed by atoms with Crippen LogP contribution in [0.4, 0.5) is 0 Å². The molecule has 7 aromatic carbocycles. The molecule has 0 saturated carbocycles. The van der Waals surface area contributed by atoms with Gasteiger partial charge in [-0.3, -0.25) is 0 Å². The predicted octanol–water partition coefficient (Wildman–Crippen LogP) is 32.8. The number of aryl methyl sites for hydroxylation is 8. The summed E-state index contributed by atoms with van der Waals surface area (Å²) in [7, 11) is 0. The van der Waals surface area contributed by atoms with Crippen LogP contribution in [-0.4, -0.2) is 39.9 Å². The van der Waals surface area contributed by atoms with E-state index in [1.54, 1.807) is 0 Å². The number of benzene rings is 7. The van der Waals surface area contributed by atoms with Crippen LogP contribution in [0, 0.1) is 51.4 Å². The number of fused-ring (bicyclic) bond motifs is 18. The summed E-state index contributed by atoms with van der Waals surface area (Å²) in [5.41, 5.74) is 54.2. The molecule has 130 heavy (non-hydrogen) atoms. The molecule has 0 fully saturated rings. The van der Waals surface area contributed by atoms with E-state index in [9.17, 15) is 0 Å². The van der Waals surface area contributed by atoms with Crippen molar-refractivity contribution in [2.75, 3.05) is 0 Å². The Hall–Kier alpha value is -12.6. The van der Waals surface area contributed by atoms with Gasteiger partial charge in [-0.1, -0.05) is 271 Å². The second-order valence-corrected chi connectivity index (χ2v) is 40.9. The Kier molecular flexibility index (Phi) is 23.4. The zero-order chi connectivity index (χ0) is 92.5. The van der Waals surface area contributed by atoms with Crippen molar-refractivity contribution in [3.05, 3.63) is 292 Å². The van der Waals surface area contributed by atoms with Gasteiger partial charge in [-0.05, 0) is 332 Å². The molecular formula is C122H130N8. The molecule has 17 rings (SSSR count). The number of hydrogen-bond acceptors (Lipinski definition) is 4. The lowest BCUT2D eigenvalue weighted by atomic mass is 9.78. The zero-order valence-electron chi connectivity index (χ0n) is 82.5. The van der Waals surface area contributed by atoms with Crippen LogP contribution in [0.25, 0.3) is 155 Å². The molecular weight excluding hydrogens is 1580 g/mol. The second kappa shape index (κ2) is 34.0. The molecule has 16 bridgehead atoms. The highest BCUT2D eigenvalue weighted by atomic mass is 14.8. The van der Waals surface area contributed by atoms with Gasteiger partial charge < -0.3 is 19.9 Å². The Morgan fingerprint density at radius 1 is 0.254 bits per heavy atom. The molecule has 0 saturated heterocycles. The smallest absolute Gasteiger partial charge is 0.0769 e. The monoisotopic (exact) mass is 1710 g/mol. The average molecular weight is 1710 g/mol. The van der Waals surface area contributed by atoms with E-state index in [2.05, 4.69) is 395 Å². The van der Waals surface area contributed by atoms with Crippen molar-refractivity contribution in [3.8, 4) is 68.2 Å². The van der Waals surface area contributed by atoms with Crippen molar-refractivity contribution in [3.63, 3.8) is 0 Å². The van der Waals surface area contributed by atoms with Gasteiger partial charge in [-0.25, -0.2) is 19.9 Å². The number of aromatic amines is 4. The van der Waals surface area contributed by atoms with Crippen LogP contribution in [0.5, 0.6) is 0 Å². The molecule has 0 radical (unpaired) electrons. The largest absolute Gasteiger partial charge is 0.354 e. The lowest BCUT2D eigenvalue weighted by Gasteiger charge is -2.26. The van der Waals surface area contributed by atoms with E-state index in [0.717, 1.165) is 218 Å². The molecule has 0 spiro atoms. The number of aromatic nitrogens is 8. The fraction of sp³-hybridized carbons (Fsp3) is 0.328. The third kappa shape index (κ3) is 15.6. The molecule has 0 amide bonds. The van der Waals surface area contributed by atoms with Crippen LogP contribution in [0.15, 0.2) is 158 Å². The number of hydrogen-bond donors (Lipinski definition) is 4. The van der Waals surface area contributed by atoms with Gasteiger partial charge in [0.15, 0.2) is 0 Å². The highest BCUT2D eigenvalue weighted by molar-refractivity contribution is 6.11. The lowest BCUT2D eigenvalue weighted by Crippen LogP contribution is -2.16. The van der Waals surface area contributed by atoms with E-state index >= 15 is 0 Å². The van der Waals surface area contributed by atoms with Crippen LogP contribution in [0.1, 0.15) is 326 Å². The number of nitrogens with zero attached hydrogens (tertiary/aromatic N) is 4. The standard InChI is InChI=1S/C122H130N8/c1-29-85-67(9)111-107(112-68(10)86(30-2)100(124-112)64-104-90(34-6)72(14)116(128-104)109(115-71(13)89(33-5)103(127-115)63-99(85)123-111)79-57-81(119(17,18)19)61-82(58-79)120(20,21)22)77-51-45-75(46-52-77)49-55-97-93-41-37-39-43-95(93)98(96-44-40-38-42-94(96)97)56-50-76-47-53-78(54-48-76)108-113-69(11)87(31-3)101(125-113)65-105-91(35-7)73(15)117(129-105)110(80-59-83(121(23,24)25)62-84(60-80)122(26,27)28)118-74(16)92(36-8)106(130-118)66-102-88(32-4)70(12)114(108)126-102/h37-48,51-54,57-66,123,125,128,130H,29-36H2,1-28H3. The minimum Gasteiger partial charge on any atom is -0.354 e. The van der Waals surface area contributed by atoms with Gasteiger partial charge in [0.2, 0.25) is 0 Å². The molecule has 0 atom stereocenters. The van der Waals surface area contributed by atoms with Crippen LogP contribution >= 0.6 is 0 Å². The van der Waals surface area contributed by atoms with Gasteiger partial charge in [0.1, 0.15) is 0 Å². The van der Waals surface area contributed by atoms with E-state index in [4.69, 9.17) is 19.9 Å². The number of nitrogens with one attached hydrogen (secondary N) is 4. The maximum atomic E-state index is 5.84. The molecule has 0 unspecified atom stereocenters. The molecule has 4 N–H and O–H groups in total. The zero-order valence-corrected chi connectivity index (χ0v) is 82.5. The molecule has 8 nitrogen and oxygen atoms in total. The normalized spacial score (nSPS) is 13.4. The summed E-state index contributed by atoms with van der Waals surface area (Å²) in [5, 5.41) is 4.24. The minimum atomic E-state index is -0.0830. The molecule has 8 heteroatoms. The third-order valence-corrected chi connectivity index (χ3v) is 28.8. The minimum absolute atomic E-state index is 0.0830. The summed E-state index contributed by atoms with van der Waals surface area (Å²) in [6, 6.07) is 59.1. The summed E-state index contributed by atoms with van der Waals surface area (Å²) in [6.07, 6.45) is 6.71. The molecule has 4 aliphatic rings. The second-order valence-electron chi connectivity index (χ2n) is 40.9. The van der Waals surface area contributed by atoms with E-state index in [1.165, 1.54) is 122 Å². The summed E-state index contributed by atoms with van der Waals surface area (Å²) in [6.45, 7) is 64.6. The van der Waals surface area contributed by atoms with Crippen molar-refractivity contribution < 1.29 is 0 Å². The van der Waals surface area contributed by atoms with Crippen molar-refractivity contribution in [1.29, 1.82) is 0 Å². The van der Waals surface area contributed by atoms with Gasteiger partial charge in [0.05, 0.1) is 67.6 Å². The van der Waals surface area contributed by atoms with E-state index in [0.29, 0.717) is 0 Å². The fourth-order valence-electron chi connectivity index (χ4n) is 21.1. The van der Waals surface area contributed by atoms with Gasteiger partial charge in [0, 0.05) is 66.6 Å².